The van der Waals surface area contributed by atoms with Crippen LogP contribution in [0.25, 0.3) is 0 Å². The highest BCUT2D eigenvalue weighted by Gasteiger charge is 2.31. The SMILES string of the molecule is COC(=O)c1sc(N2CNC3=C2C=C(Cl)C(O)C3)cc1O[C@H](C)c1ccccc1Cl. The molecule has 0 fully saturated rings. The Kier molecular flexibility index (Phi) is 5.97. The molecule has 2 aliphatic rings. The summed E-state index contributed by atoms with van der Waals surface area (Å²) in [6.07, 6.45) is 1.09. The third-order valence-corrected chi connectivity index (χ3v) is 6.83. The standard InChI is InChI=1S/C21H20Cl2N2O4S/c1-11(12-5-3-4-6-13(12)22)29-18-9-19(30-20(18)21(27)28-2)25-10-24-15-8-17(26)14(23)7-16(15)25/h3-7,9,11,17,24,26H,8,10H2,1-2H3/t11-,17?/m1/s1. The lowest BCUT2D eigenvalue weighted by molar-refractivity contribution is 0.0600. The number of nitrogens with one attached hydrogen (secondary N) is 1. The van der Waals surface area contributed by atoms with Crippen LogP contribution in [0.3, 0.4) is 0 Å². The zero-order chi connectivity index (χ0) is 21.4. The summed E-state index contributed by atoms with van der Waals surface area (Å²) < 4.78 is 11.1. The van der Waals surface area contributed by atoms with Gasteiger partial charge in [-0.05, 0) is 19.1 Å². The largest absolute Gasteiger partial charge is 0.484 e. The molecule has 0 amide bonds. The average molecular weight is 467 g/mol. The third-order valence-electron chi connectivity index (χ3n) is 5.01. The van der Waals surface area contributed by atoms with E-state index in [-0.39, 0.29) is 6.10 Å². The number of allylic oxidation sites excluding steroid dienone is 1. The molecule has 0 spiro atoms. The Morgan fingerprint density at radius 1 is 1.37 bits per heavy atom. The number of aliphatic hydroxyl groups excluding tert-OH is 1. The van der Waals surface area contributed by atoms with E-state index in [1.165, 1.54) is 18.4 Å². The molecule has 0 bridgehead atoms. The van der Waals surface area contributed by atoms with Crippen LogP contribution >= 0.6 is 34.5 Å². The highest BCUT2D eigenvalue weighted by molar-refractivity contribution is 7.18. The number of halogens is 2. The lowest BCUT2D eigenvalue weighted by Gasteiger charge is -2.21. The number of esters is 1. The molecular weight excluding hydrogens is 447 g/mol. The van der Waals surface area contributed by atoms with Gasteiger partial charge in [-0.15, -0.1) is 11.3 Å². The zero-order valence-electron chi connectivity index (χ0n) is 16.3. The Morgan fingerprint density at radius 3 is 2.87 bits per heavy atom. The molecule has 0 radical (unpaired) electrons. The molecule has 2 N–H and O–H groups in total. The average Bonchev–Trinajstić information content (AvgIpc) is 3.32. The molecule has 2 aromatic rings. The number of anilines is 1. The molecule has 2 atom stereocenters. The highest BCUT2D eigenvalue weighted by atomic mass is 35.5. The fourth-order valence-corrected chi connectivity index (χ4v) is 4.94. The maximum absolute atomic E-state index is 12.4. The molecule has 4 rings (SSSR count). The van der Waals surface area contributed by atoms with E-state index in [1.807, 2.05) is 36.1 Å². The lowest BCUT2D eigenvalue weighted by atomic mass is 10.1. The third kappa shape index (κ3) is 3.90. The normalized spacial score (nSPS) is 19.2. The molecule has 1 aliphatic carbocycles. The number of aliphatic hydroxyl groups is 1. The predicted octanol–water partition coefficient (Wildman–Crippen LogP) is 4.79. The number of carbonyl (C=O) groups excluding carboxylic acids is 1. The van der Waals surface area contributed by atoms with E-state index in [9.17, 15) is 9.90 Å². The van der Waals surface area contributed by atoms with Crippen molar-refractivity contribution in [3.8, 4) is 5.75 Å². The van der Waals surface area contributed by atoms with Crippen molar-refractivity contribution in [2.45, 2.75) is 25.6 Å². The summed E-state index contributed by atoms with van der Waals surface area (Å²) in [7, 11) is 1.34. The number of rotatable bonds is 5. The first-order valence-electron chi connectivity index (χ1n) is 9.32. The van der Waals surface area contributed by atoms with Crippen LogP contribution < -0.4 is 15.0 Å². The first-order valence-corrected chi connectivity index (χ1v) is 10.9. The van der Waals surface area contributed by atoms with Crippen LogP contribution in [-0.2, 0) is 4.74 Å². The number of benzene rings is 1. The molecule has 1 aromatic carbocycles. The fraction of sp³-hybridized carbons (Fsp3) is 0.286. The van der Waals surface area contributed by atoms with Crippen LogP contribution in [0.1, 0.15) is 34.7 Å². The number of methoxy groups -OCH3 is 1. The van der Waals surface area contributed by atoms with Crippen molar-refractivity contribution in [3.05, 3.63) is 68.3 Å². The molecular formula is C21H20Cl2N2O4S. The second-order valence-corrected chi connectivity index (χ2v) is 8.80. The highest BCUT2D eigenvalue weighted by Crippen LogP contribution is 2.42. The summed E-state index contributed by atoms with van der Waals surface area (Å²) in [6, 6.07) is 9.24. The van der Waals surface area contributed by atoms with Crippen LogP contribution in [0.2, 0.25) is 5.02 Å². The molecule has 1 aromatic heterocycles. The van der Waals surface area contributed by atoms with Crippen molar-refractivity contribution >= 4 is 45.5 Å². The van der Waals surface area contributed by atoms with E-state index in [0.717, 1.165) is 22.0 Å². The van der Waals surface area contributed by atoms with Crippen LogP contribution in [0, 0.1) is 0 Å². The molecule has 1 aliphatic heterocycles. The van der Waals surface area contributed by atoms with Gasteiger partial charge in [0.2, 0.25) is 0 Å². The van der Waals surface area contributed by atoms with E-state index in [1.54, 1.807) is 12.1 Å². The summed E-state index contributed by atoms with van der Waals surface area (Å²) in [5.41, 5.74) is 2.60. The van der Waals surface area contributed by atoms with Crippen molar-refractivity contribution in [2.75, 3.05) is 18.7 Å². The van der Waals surface area contributed by atoms with Gasteiger partial charge in [0.15, 0.2) is 4.88 Å². The maximum atomic E-state index is 12.4. The second kappa shape index (κ2) is 8.51. The molecule has 158 valence electrons. The molecule has 1 unspecified atom stereocenters. The fourth-order valence-electron chi connectivity index (χ4n) is 3.45. The number of hydrogen-bond acceptors (Lipinski definition) is 7. The van der Waals surface area contributed by atoms with Crippen LogP contribution in [0.4, 0.5) is 5.00 Å². The predicted molar refractivity (Wildman–Crippen MR) is 118 cm³/mol. The lowest BCUT2D eigenvalue weighted by Crippen LogP contribution is -2.21. The van der Waals surface area contributed by atoms with E-state index < -0.39 is 12.1 Å². The van der Waals surface area contributed by atoms with Crippen LogP contribution in [-0.4, -0.2) is 31.0 Å². The number of ether oxygens (including phenoxy) is 2. The van der Waals surface area contributed by atoms with Crippen LogP contribution in [0.5, 0.6) is 5.75 Å². The number of nitrogens with zero attached hydrogens (tertiary/aromatic N) is 1. The molecule has 30 heavy (non-hydrogen) atoms. The minimum Gasteiger partial charge on any atom is -0.484 e. The molecule has 0 saturated heterocycles. The maximum Gasteiger partial charge on any atom is 0.351 e. The summed E-state index contributed by atoms with van der Waals surface area (Å²) in [5, 5.41) is 15.0. The quantitative estimate of drug-likeness (QED) is 0.616. The Balaban J connectivity index is 1.66. The minimum atomic E-state index is -0.706. The van der Waals surface area contributed by atoms with Crippen molar-refractivity contribution in [1.82, 2.24) is 5.32 Å². The van der Waals surface area contributed by atoms with Crippen molar-refractivity contribution in [2.24, 2.45) is 0 Å². The second-order valence-electron chi connectivity index (χ2n) is 6.93. The van der Waals surface area contributed by atoms with Gasteiger partial charge >= 0.3 is 5.97 Å². The minimum absolute atomic E-state index is 0.366. The Hall–Kier alpha value is -2.19. The van der Waals surface area contributed by atoms with E-state index in [2.05, 4.69) is 5.32 Å². The first kappa shape index (κ1) is 21.1. The van der Waals surface area contributed by atoms with Gasteiger partial charge in [-0.2, -0.15) is 0 Å². The monoisotopic (exact) mass is 466 g/mol. The first-order chi connectivity index (χ1) is 14.4. The van der Waals surface area contributed by atoms with Gasteiger partial charge in [0, 0.05) is 33.8 Å². The van der Waals surface area contributed by atoms with Crippen LogP contribution in [0.15, 0.2) is 52.8 Å². The van der Waals surface area contributed by atoms with Gasteiger partial charge in [-0.3, -0.25) is 0 Å². The molecule has 2 heterocycles. The Bertz CT molecular complexity index is 1050. The Labute approximate surface area is 188 Å². The number of hydrogen-bond donors (Lipinski definition) is 2. The van der Waals surface area contributed by atoms with Gasteiger partial charge in [-0.1, -0.05) is 41.4 Å². The summed E-state index contributed by atoms with van der Waals surface area (Å²) in [5.74, 6) is -0.0455. The van der Waals surface area contributed by atoms with E-state index in [0.29, 0.717) is 33.8 Å². The van der Waals surface area contributed by atoms with Crippen molar-refractivity contribution < 1.29 is 19.4 Å². The van der Waals surface area contributed by atoms with Crippen molar-refractivity contribution in [1.29, 1.82) is 0 Å². The summed E-state index contributed by atoms with van der Waals surface area (Å²) in [6.45, 7) is 2.38. The topological polar surface area (TPSA) is 71.0 Å². The van der Waals surface area contributed by atoms with Gasteiger partial charge in [0.05, 0.1) is 25.6 Å². The van der Waals surface area contributed by atoms with Gasteiger partial charge in [0.1, 0.15) is 16.9 Å². The van der Waals surface area contributed by atoms with Gasteiger partial charge < -0.3 is 24.8 Å². The molecule has 0 saturated carbocycles. The number of carbonyl (C=O) groups is 1. The van der Waals surface area contributed by atoms with Gasteiger partial charge in [0.25, 0.3) is 0 Å². The number of thiophene rings is 1. The van der Waals surface area contributed by atoms with E-state index >= 15 is 0 Å². The van der Waals surface area contributed by atoms with Gasteiger partial charge in [-0.25, -0.2) is 4.79 Å². The van der Waals surface area contributed by atoms with Crippen molar-refractivity contribution in [3.63, 3.8) is 0 Å². The molecule has 9 heteroatoms. The smallest absolute Gasteiger partial charge is 0.351 e. The van der Waals surface area contributed by atoms with E-state index in [4.69, 9.17) is 32.7 Å². The Morgan fingerprint density at radius 2 is 2.13 bits per heavy atom. The molecule has 6 nitrogen and oxygen atoms in total. The summed E-state index contributed by atoms with van der Waals surface area (Å²) in [4.78, 5) is 14.8. The summed E-state index contributed by atoms with van der Waals surface area (Å²) >= 11 is 13.7. The zero-order valence-corrected chi connectivity index (χ0v) is 18.6.